The third-order valence-corrected chi connectivity index (χ3v) is 6.61. The molecule has 1 atom stereocenters. The number of benzene rings is 2. The van der Waals surface area contributed by atoms with E-state index in [2.05, 4.69) is 10.2 Å². The Morgan fingerprint density at radius 2 is 1.91 bits per heavy atom. The third-order valence-electron chi connectivity index (χ3n) is 6.30. The summed E-state index contributed by atoms with van der Waals surface area (Å²) in [5, 5.41) is 3.36. The average molecular weight is 500 g/mol. The minimum Gasteiger partial charge on any atom is -0.484 e. The van der Waals surface area contributed by atoms with E-state index >= 15 is 0 Å². The summed E-state index contributed by atoms with van der Waals surface area (Å²) in [5.74, 6) is -0.0176. The van der Waals surface area contributed by atoms with Gasteiger partial charge < -0.3 is 19.7 Å². The number of halogens is 1. The average Bonchev–Trinajstić information content (AvgIpc) is 2.88. The molecule has 0 bridgehead atoms. The largest absolute Gasteiger partial charge is 0.484 e. The van der Waals surface area contributed by atoms with Crippen LogP contribution in [-0.4, -0.2) is 67.9 Å². The lowest BCUT2D eigenvalue weighted by atomic mass is 10.1. The fourth-order valence-corrected chi connectivity index (χ4v) is 4.53. The zero-order valence-electron chi connectivity index (χ0n) is 19.8. The molecule has 1 saturated heterocycles. The Kier molecular flexibility index (Phi) is 8.25. The first-order valence-corrected chi connectivity index (χ1v) is 12.3. The molecule has 2 aliphatic rings. The number of ether oxygens (including phenoxy) is 2. The molecule has 0 aromatic heterocycles. The molecule has 2 aromatic carbocycles. The molecule has 9 heteroatoms. The van der Waals surface area contributed by atoms with Gasteiger partial charge in [0, 0.05) is 18.7 Å². The number of piperidine rings is 1. The monoisotopic (exact) mass is 499 g/mol. The number of rotatable bonds is 9. The number of para-hydroxylation sites is 1. The van der Waals surface area contributed by atoms with Crippen molar-refractivity contribution in [3.05, 3.63) is 53.1 Å². The Morgan fingerprint density at radius 3 is 2.69 bits per heavy atom. The van der Waals surface area contributed by atoms with Crippen LogP contribution in [0.25, 0.3) is 0 Å². The first-order valence-electron chi connectivity index (χ1n) is 11.9. The molecule has 2 heterocycles. The van der Waals surface area contributed by atoms with Gasteiger partial charge in [-0.05, 0) is 63.2 Å². The normalized spacial score (nSPS) is 16.7. The summed E-state index contributed by atoms with van der Waals surface area (Å²) in [6.45, 7) is 4.71. The van der Waals surface area contributed by atoms with E-state index in [1.165, 1.54) is 24.2 Å². The van der Waals surface area contributed by atoms with E-state index in [1.807, 2.05) is 0 Å². The quantitative estimate of drug-likeness (QED) is 0.532. The molecule has 0 radical (unpaired) electrons. The summed E-state index contributed by atoms with van der Waals surface area (Å²) < 4.78 is 11.1. The van der Waals surface area contributed by atoms with Gasteiger partial charge in [-0.25, -0.2) is 0 Å². The molecule has 4 rings (SSSR count). The second-order valence-corrected chi connectivity index (χ2v) is 9.15. The highest BCUT2D eigenvalue weighted by molar-refractivity contribution is 6.32. The summed E-state index contributed by atoms with van der Waals surface area (Å²) in [7, 11) is 0. The molecule has 2 aliphatic heterocycles. The van der Waals surface area contributed by atoms with Crippen LogP contribution in [0, 0.1) is 0 Å². The van der Waals surface area contributed by atoms with Gasteiger partial charge in [-0.15, -0.1) is 0 Å². The van der Waals surface area contributed by atoms with Crippen LogP contribution in [0.2, 0.25) is 5.02 Å². The zero-order chi connectivity index (χ0) is 24.8. The fraction of sp³-hybridized carbons (Fsp3) is 0.423. The smallest absolute Gasteiger partial charge is 0.265 e. The maximum absolute atomic E-state index is 12.9. The van der Waals surface area contributed by atoms with Gasteiger partial charge >= 0.3 is 0 Å². The van der Waals surface area contributed by atoms with Gasteiger partial charge in [0.25, 0.3) is 5.91 Å². The topological polar surface area (TPSA) is 88.2 Å². The molecule has 0 unspecified atom stereocenters. The number of ketones is 1. The molecule has 0 saturated carbocycles. The number of hydrogen-bond donors (Lipinski definition) is 1. The van der Waals surface area contributed by atoms with Crippen LogP contribution in [-0.2, 0) is 9.59 Å². The number of amides is 2. The van der Waals surface area contributed by atoms with E-state index in [4.69, 9.17) is 21.1 Å². The number of nitrogens with zero attached hydrogens (tertiary/aromatic N) is 2. The summed E-state index contributed by atoms with van der Waals surface area (Å²) >= 11 is 6.09. The van der Waals surface area contributed by atoms with Gasteiger partial charge in [0.15, 0.2) is 19.0 Å². The second kappa shape index (κ2) is 11.6. The molecular weight excluding hydrogens is 470 g/mol. The first kappa shape index (κ1) is 25.0. The van der Waals surface area contributed by atoms with Crippen molar-refractivity contribution in [2.45, 2.75) is 32.2 Å². The lowest BCUT2D eigenvalue weighted by Crippen LogP contribution is -2.52. The van der Waals surface area contributed by atoms with Gasteiger partial charge in [0.2, 0.25) is 5.91 Å². The highest BCUT2D eigenvalue weighted by Gasteiger charge is 2.33. The van der Waals surface area contributed by atoms with Crippen LogP contribution in [0.4, 0.5) is 5.69 Å². The van der Waals surface area contributed by atoms with Crippen molar-refractivity contribution in [1.82, 2.24) is 10.2 Å². The number of hydrogen-bond acceptors (Lipinski definition) is 6. The number of Topliss-reactive ketones (excluding diaryl/α,β-unsaturated/α-hetero) is 1. The minimum absolute atomic E-state index is 0.165. The van der Waals surface area contributed by atoms with Crippen molar-refractivity contribution >= 4 is 34.9 Å². The van der Waals surface area contributed by atoms with Crippen molar-refractivity contribution in [2.75, 3.05) is 44.3 Å². The molecule has 1 N–H and O–H groups in total. The Hall–Kier alpha value is -3.10. The molecule has 1 fully saturated rings. The highest BCUT2D eigenvalue weighted by atomic mass is 35.5. The minimum atomic E-state index is -0.753. The van der Waals surface area contributed by atoms with Gasteiger partial charge in [0.1, 0.15) is 17.5 Å². The van der Waals surface area contributed by atoms with E-state index in [0.29, 0.717) is 34.3 Å². The molecule has 0 spiro atoms. The number of carbonyl (C=O) groups excluding carboxylic acids is 3. The molecule has 186 valence electrons. The van der Waals surface area contributed by atoms with E-state index in [9.17, 15) is 14.4 Å². The molecule has 2 aromatic rings. The number of nitrogens with one attached hydrogen (secondary N) is 1. The first-order chi connectivity index (χ1) is 16.9. The summed E-state index contributed by atoms with van der Waals surface area (Å²) in [6, 6.07) is 11.0. The number of likely N-dealkylation sites (tertiary alicyclic amines) is 1. The van der Waals surface area contributed by atoms with Crippen molar-refractivity contribution in [3.8, 4) is 11.5 Å². The Balaban J connectivity index is 1.42. The van der Waals surface area contributed by atoms with Gasteiger partial charge in [-0.2, -0.15) is 0 Å². The van der Waals surface area contributed by atoms with Gasteiger partial charge in [-0.3, -0.25) is 19.3 Å². The fourth-order valence-electron chi connectivity index (χ4n) is 4.34. The maximum Gasteiger partial charge on any atom is 0.265 e. The molecule has 0 aliphatic carbocycles. The molecule has 35 heavy (non-hydrogen) atoms. The van der Waals surface area contributed by atoms with E-state index < -0.39 is 6.04 Å². The second-order valence-electron chi connectivity index (χ2n) is 8.75. The van der Waals surface area contributed by atoms with E-state index in [1.54, 1.807) is 49.4 Å². The number of anilines is 1. The number of carbonyl (C=O) groups is 3. The summed E-state index contributed by atoms with van der Waals surface area (Å²) in [4.78, 5) is 42.2. The van der Waals surface area contributed by atoms with Crippen molar-refractivity contribution in [2.24, 2.45) is 0 Å². The predicted octanol–water partition coefficient (Wildman–Crippen LogP) is 3.32. The molecule has 2 amide bonds. The standard InChI is InChI=1S/C26H30ClN3O5/c1-18(26(33)28-11-14-29-12-5-2-6-13-29)30-21-15-19(9-10-24(21)35-17-25(30)32)22(31)16-34-23-8-4-3-7-20(23)27/h3-4,7-10,15,18H,2,5-6,11-14,16-17H2,1H3,(H,28,33)/t18-/m0/s1. The Morgan fingerprint density at radius 1 is 1.14 bits per heavy atom. The summed E-state index contributed by atoms with van der Waals surface area (Å²) in [6.07, 6.45) is 3.64. The van der Waals surface area contributed by atoms with Crippen LogP contribution in [0.5, 0.6) is 11.5 Å². The van der Waals surface area contributed by atoms with E-state index in [-0.39, 0.29) is 30.8 Å². The summed E-state index contributed by atoms with van der Waals surface area (Å²) in [5.41, 5.74) is 0.736. The number of fused-ring (bicyclic) bond motifs is 1. The highest BCUT2D eigenvalue weighted by Crippen LogP contribution is 2.34. The van der Waals surface area contributed by atoms with Crippen LogP contribution in [0.15, 0.2) is 42.5 Å². The van der Waals surface area contributed by atoms with Crippen molar-refractivity contribution in [1.29, 1.82) is 0 Å². The van der Waals surface area contributed by atoms with Crippen LogP contribution in [0.3, 0.4) is 0 Å². The van der Waals surface area contributed by atoms with Gasteiger partial charge in [0.05, 0.1) is 10.7 Å². The van der Waals surface area contributed by atoms with Gasteiger partial charge in [-0.1, -0.05) is 30.2 Å². The zero-order valence-corrected chi connectivity index (χ0v) is 20.6. The van der Waals surface area contributed by atoms with Crippen LogP contribution >= 0.6 is 11.6 Å². The Bertz CT molecular complexity index is 1090. The lowest BCUT2D eigenvalue weighted by Gasteiger charge is -2.34. The third kappa shape index (κ3) is 6.13. The SMILES string of the molecule is C[C@@H](C(=O)NCCN1CCCCC1)N1C(=O)COc2ccc(C(=O)COc3ccccc3Cl)cc21. The van der Waals surface area contributed by atoms with Crippen molar-refractivity contribution < 1.29 is 23.9 Å². The maximum atomic E-state index is 12.9. The van der Waals surface area contributed by atoms with Crippen molar-refractivity contribution in [3.63, 3.8) is 0 Å². The Labute approximate surface area is 210 Å². The van der Waals surface area contributed by atoms with Crippen LogP contribution < -0.4 is 19.7 Å². The molecular formula is C26H30ClN3O5. The lowest BCUT2D eigenvalue weighted by molar-refractivity contribution is -0.127. The van der Waals surface area contributed by atoms with E-state index in [0.717, 1.165) is 19.6 Å². The van der Waals surface area contributed by atoms with Crippen LogP contribution in [0.1, 0.15) is 36.5 Å². The predicted molar refractivity (Wildman–Crippen MR) is 133 cm³/mol. The molecule has 8 nitrogen and oxygen atoms in total.